The third-order valence-electron chi connectivity index (χ3n) is 8.15. The third kappa shape index (κ3) is 4.14. The van der Waals surface area contributed by atoms with Crippen LogP contribution < -0.4 is 19.6 Å². The van der Waals surface area contributed by atoms with E-state index in [0.717, 1.165) is 0 Å². The van der Waals surface area contributed by atoms with Gasteiger partial charge in [-0.2, -0.15) is 0 Å². The summed E-state index contributed by atoms with van der Waals surface area (Å²) in [5.41, 5.74) is 2.91. The van der Waals surface area contributed by atoms with Gasteiger partial charge in [-0.1, -0.05) is 72.8 Å². The lowest BCUT2D eigenvalue weighted by Gasteiger charge is -2.34. The minimum absolute atomic E-state index is 0.175. The van der Waals surface area contributed by atoms with E-state index in [2.05, 4.69) is 0 Å². The monoisotopic (exact) mass is 612 g/mol. The molecule has 0 aliphatic carbocycles. The second-order valence-electron chi connectivity index (χ2n) is 10.8. The maximum atomic E-state index is 15.9. The van der Waals surface area contributed by atoms with Gasteiger partial charge in [-0.05, 0) is 72.8 Å². The summed E-state index contributed by atoms with van der Waals surface area (Å²) in [5, 5.41) is 0. The first-order valence-corrected chi connectivity index (χ1v) is 14.7. The molecule has 0 radical (unpaired) electrons. The zero-order chi connectivity index (χ0) is 31.4. The number of hydrogen-bond donors (Lipinski definition) is 0. The molecule has 0 saturated carbocycles. The van der Waals surface area contributed by atoms with E-state index in [-0.39, 0.29) is 34.4 Å². The first-order chi connectivity index (χ1) is 22.5. The Morgan fingerprint density at radius 2 is 0.413 bits per heavy atom. The number of rotatable bonds is 4. The van der Waals surface area contributed by atoms with E-state index < -0.39 is 23.3 Å². The van der Waals surface area contributed by atoms with Crippen molar-refractivity contribution in [3.8, 4) is 0 Å². The smallest absolute Gasteiger partial charge is 0.166 e. The molecular weight excluding hydrogens is 588 g/mol. The molecule has 2 aliphatic heterocycles. The highest BCUT2D eigenvalue weighted by Gasteiger charge is 2.46. The molecule has 0 unspecified atom stereocenters. The molecule has 0 spiro atoms. The Hall–Kier alpha value is -6.02. The molecule has 2 heterocycles. The Morgan fingerprint density at radius 3 is 0.609 bits per heavy atom. The van der Waals surface area contributed by atoms with Crippen LogP contribution in [0.3, 0.4) is 0 Å². The van der Waals surface area contributed by atoms with Crippen LogP contribution in [0.15, 0.2) is 157 Å². The molecule has 0 bridgehead atoms. The second kappa shape index (κ2) is 10.9. The number of para-hydroxylation sites is 8. The van der Waals surface area contributed by atoms with Gasteiger partial charge in [0.15, 0.2) is 11.6 Å². The summed E-state index contributed by atoms with van der Waals surface area (Å²) in [6.07, 6.45) is 0. The van der Waals surface area contributed by atoms with Gasteiger partial charge in [0.25, 0.3) is 0 Å². The van der Waals surface area contributed by atoms with Gasteiger partial charge < -0.3 is 0 Å². The minimum atomic E-state index is -0.531. The Labute approximate surface area is 262 Å². The lowest BCUT2D eigenvalue weighted by Crippen LogP contribution is -2.34. The van der Waals surface area contributed by atoms with Crippen LogP contribution in [0.2, 0.25) is 0 Å². The second-order valence-corrected chi connectivity index (χ2v) is 10.8. The molecule has 4 nitrogen and oxygen atoms in total. The first-order valence-electron chi connectivity index (χ1n) is 14.7. The van der Waals surface area contributed by atoms with Crippen LogP contribution in [0.25, 0.3) is 0 Å². The predicted molar refractivity (Wildman–Crippen MR) is 174 cm³/mol. The largest absolute Gasteiger partial charge is 0.288 e. The van der Waals surface area contributed by atoms with Gasteiger partial charge >= 0.3 is 0 Å². The highest BCUT2D eigenvalue weighted by molar-refractivity contribution is 6.00. The summed E-state index contributed by atoms with van der Waals surface area (Å²) in [4.78, 5) is 6.72. The summed E-state index contributed by atoms with van der Waals surface area (Å²) in [6, 6.07) is 39.6. The fourth-order valence-electron chi connectivity index (χ4n) is 6.25. The van der Waals surface area contributed by atoms with E-state index >= 15 is 17.6 Å². The average Bonchev–Trinajstić information content (AvgIpc) is 3.58. The molecule has 6 aromatic carbocycles. The third-order valence-corrected chi connectivity index (χ3v) is 8.15. The van der Waals surface area contributed by atoms with Crippen molar-refractivity contribution in [3.63, 3.8) is 0 Å². The van der Waals surface area contributed by atoms with Crippen molar-refractivity contribution < 1.29 is 17.6 Å². The summed E-state index contributed by atoms with van der Waals surface area (Å²) in [7, 11) is 0. The zero-order valence-electron chi connectivity index (χ0n) is 24.2. The topological polar surface area (TPSA) is 13.0 Å². The van der Waals surface area contributed by atoms with Crippen LogP contribution in [0.4, 0.5) is 63.1 Å². The molecule has 8 heteroatoms. The zero-order valence-corrected chi connectivity index (χ0v) is 24.2. The van der Waals surface area contributed by atoms with Crippen molar-refractivity contribution in [2.75, 3.05) is 19.6 Å². The van der Waals surface area contributed by atoms with Gasteiger partial charge in [-0.3, -0.25) is 19.6 Å². The Kier molecular flexibility index (Phi) is 6.49. The summed E-state index contributed by atoms with van der Waals surface area (Å²) < 4.78 is 63.7. The highest BCUT2D eigenvalue weighted by Crippen LogP contribution is 2.57. The Bertz CT molecular complexity index is 1860. The van der Waals surface area contributed by atoms with Crippen LogP contribution in [-0.4, -0.2) is 0 Å². The molecule has 0 atom stereocenters. The molecule has 0 amide bonds. The van der Waals surface area contributed by atoms with Crippen molar-refractivity contribution in [2.24, 2.45) is 0 Å². The maximum Gasteiger partial charge on any atom is 0.166 e. The molecular formula is C38H24F4N4. The van der Waals surface area contributed by atoms with Crippen molar-refractivity contribution in [3.05, 3.63) is 181 Å². The number of fused-ring (bicyclic) bond motifs is 2. The average molecular weight is 613 g/mol. The predicted octanol–water partition coefficient (Wildman–Crippen LogP) is 10.6. The fraction of sp³-hybridized carbons (Fsp3) is 0. The molecule has 46 heavy (non-hydrogen) atoms. The normalized spacial score (nSPS) is 13.8. The van der Waals surface area contributed by atoms with E-state index in [1.54, 1.807) is 92.4 Å². The molecule has 0 fully saturated rings. The van der Waals surface area contributed by atoms with E-state index in [0.29, 0.717) is 22.7 Å². The van der Waals surface area contributed by atoms with Crippen molar-refractivity contribution >= 4 is 45.5 Å². The Balaban J connectivity index is 1.57. The number of nitrogens with zero attached hydrogens (tertiary/aromatic N) is 4. The molecule has 8 rings (SSSR count). The standard InChI is InChI=1S/C38H24F4N4/c39-25-13-1-5-17-29(25)43-33-21-9-10-22-34(33)44(30-18-6-2-14-26(30)40)37(43)38-45(31-19-7-3-15-27(31)41)35-23-11-12-24-36(35)46(38)32-20-8-4-16-28(32)42/h1-24H. The molecule has 224 valence electrons. The Morgan fingerprint density at radius 1 is 0.239 bits per heavy atom. The summed E-state index contributed by atoms with van der Waals surface area (Å²) in [6.45, 7) is 0. The van der Waals surface area contributed by atoms with Crippen LogP contribution in [-0.2, 0) is 0 Å². The van der Waals surface area contributed by atoms with Crippen molar-refractivity contribution in [1.82, 2.24) is 0 Å². The quantitative estimate of drug-likeness (QED) is 0.184. The fourth-order valence-corrected chi connectivity index (χ4v) is 6.25. The van der Waals surface area contributed by atoms with Crippen LogP contribution in [0, 0.1) is 23.3 Å². The SMILES string of the molecule is Fc1ccccc1N1C(=C2N(c3ccccc3F)c3ccccc3N2c2ccccc2F)N(c2ccccc2F)c2ccccc21. The van der Waals surface area contributed by atoms with E-state index in [4.69, 9.17) is 0 Å². The van der Waals surface area contributed by atoms with Crippen LogP contribution in [0.5, 0.6) is 0 Å². The molecule has 0 aromatic heterocycles. The van der Waals surface area contributed by atoms with E-state index in [9.17, 15) is 0 Å². The lowest BCUT2D eigenvalue weighted by atomic mass is 10.2. The summed E-state index contributed by atoms with van der Waals surface area (Å²) >= 11 is 0. The molecule has 0 N–H and O–H groups in total. The molecule has 0 saturated heterocycles. The minimum Gasteiger partial charge on any atom is -0.288 e. The van der Waals surface area contributed by atoms with Gasteiger partial charge in [0, 0.05) is 0 Å². The van der Waals surface area contributed by atoms with Crippen molar-refractivity contribution in [1.29, 1.82) is 0 Å². The van der Waals surface area contributed by atoms with Gasteiger partial charge in [0.2, 0.25) is 0 Å². The van der Waals surface area contributed by atoms with Crippen molar-refractivity contribution in [2.45, 2.75) is 0 Å². The van der Waals surface area contributed by atoms with Gasteiger partial charge in [-0.15, -0.1) is 0 Å². The number of anilines is 8. The van der Waals surface area contributed by atoms with E-state index in [1.807, 2.05) is 48.5 Å². The highest BCUT2D eigenvalue weighted by atomic mass is 19.1. The van der Waals surface area contributed by atoms with Gasteiger partial charge in [0.05, 0.1) is 45.5 Å². The van der Waals surface area contributed by atoms with Gasteiger partial charge in [0.1, 0.15) is 23.3 Å². The van der Waals surface area contributed by atoms with Gasteiger partial charge in [-0.25, -0.2) is 17.6 Å². The summed E-state index contributed by atoms with van der Waals surface area (Å²) in [5.74, 6) is -1.60. The lowest BCUT2D eigenvalue weighted by molar-refractivity contribution is 0.622. The maximum absolute atomic E-state index is 15.9. The van der Waals surface area contributed by atoms with Crippen LogP contribution >= 0.6 is 0 Å². The molecule has 6 aromatic rings. The molecule has 2 aliphatic rings. The first kappa shape index (κ1) is 27.5. The number of halogens is 4. The van der Waals surface area contributed by atoms with Crippen LogP contribution in [0.1, 0.15) is 0 Å². The number of hydrogen-bond acceptors (Lipinski definition) is 4. The van der Waals surface area contributed by atoms with E-state index in [1.165, 1.54) is 24.3 Å². The number of benzene rings is 6.